The quantitative estimate of drug-likeness (QED) is 0.488. The molecule has 1 heterocycles. The van der Waals surface area contributed by atoms with Crippen LogP contribution in [0.2, 0.25) is 0 Å². The number of halogens is 3. The molecule has 1 aromatic heterocycles. The molecule has 0 aliphatic carbocycles. The Morgan fingerprint density at radius 3 is 2.31 bits per heavy atom. The lowest BCUT2D eigenvalue weighted by Gasteiger charge is -2.14. The Hall–Kier alpha value is -3.88. The molecule has 0 saturated heterocycles. The number of carbonyl (C=O) groups is 1. The van der Waals surface area contributed by atoms with Gasteiger partial charge in [-0.2, -0.15) is 0 Å². The molecule has 0 fully saturated rings. The van der Waals surface area contributed by atoms with Gasteiger partial charge in [-0.1, -0.05) is 13.5 Å². The van der Waals surface area contributed by atoms with Gasteiger partial charge in [-0.05, 0) is 36.4 Å². The van der Waals surface area contributed by atoms with Crippen LogP contribution >= 0.6 is 0 Å². The largest absolute Gasteiger partial charge is 0.366 e. The molecule has 2 aromatic carbocycles. The normalized spacial score (nSPS) is 10.2. The summed E-state index contributed by atoms with van der Waals surface area (Å²) in [4.78, 5) is 26.0. The van der Waals surface area contributed by atoms with Gasteiger partial charge >= 0.3 is 0 Å². The van der Waals surface area contributed by atoms with E-state index in [1.54, 1.807) is 0 Å². The number of amides is 1. The summed E-state index contributed by atoms with van der Waals surface area (Å²) in [5.41, 5.74) is 2.32. The van der Waals surface area contributed by atoms with Gasteiger partial charge in [0.2, 0.25) is 5.91 Å². The minimum atomic E-state index is -0.917. The van der Waals surface area contributed by atoms with E-state index in [0.717, 1.165) is 30.3 Å². The van der Waals surface area contributed by atoms with Crippen LogP contribution in [0.1, 0.15) is 28.9 Å². The Morgan fingerprint density at radius 2 is 1.69 bits per heavy atom. The molecule has 3 aromatic rings. The van der Waals surface area contributed by atoms with Gasteiger partial charge in [-0.25, -0.2) is 13.2 Å². The highest BCUT2D eigenvalue weighted by Gasteiger charge is 2.20. The summed E-state index contributed by atoms with van der Waals surface area (Å²) in [6.45, 7) is 0. The van der Waals surface area contributed by atoms with Crippen molar-refractivity contribution in [3.8, 4) is 0 Å². The Kier molecular flexibility index (Phi) is 6.22. The van der Waals surface area contributed by atoms with Gasteiger partial charge in [0.1, 0.15) is 23.1 Å². The van der Waals surface area contributed by atoms with Crippen LogP contribution in [-0.4, -0.2) is 16.6 Å². The lowest BCUT2D eigenvalue weighted by molar-refractivity contribution is 0.1000. The number of hydrogen-bond donors (Lipinski definition) is 4. The van der Waals surface area contributed by atoms with Crippen molar-refractivity contribution < 1.29 is 18.0 Å². The molecule has 0 spiro atoms. The first-order valence-corrected chi connectivity index (χ1v) is 7.91. The summed E-state index contributed by atoms with van der Waals surface area (Å²) >= 11 is 0. The van der Waals surface area contributed by atoms with Crippen LogP contribution in [0.15, 0.2) is 53.5 Å². The minimum Gasteiger partial charge on any atom is -0.366 e. The topological polar surface area (TPSA) is 112 Å². The van der Waals surface area contributed by atoms with Crippen LogP contribution in [0.4, 0.5) is 24.5 Å². The van der Waals surface area contributed by atoms with E-state index in [4.69, 9.17) is 11.1 Å². The SMILES string of the molecule is C.N=C(c1cc(C(N)=O)ccc1F)c1c(Nc2c(F)cccc2F)cc[nH]c1=O. The first kappa shape index (κ1) is 21.4. The van der Waals surface area contributed by atoms with Gasteiger partial charge in [-0.15, -0.1) is 0 Å². The molecule has 9 heteroatoms. The average Bonchev–Trinajstić information content (AvgIpc) is 2.64. The molecule has 5 N–H and O–H groups in total. The minimum absolute atomic E-state index is 0. The van der Waals surface area contributed by atoms with Crippen LogP contribution in [0, 0.1) is 22.9 Å². The van der Waals surface area contributed by atoms with Crippen molar-refractivity contribution in [1.29, 1.82) is 5.41 Å². The monoisotopic (exact) mass is 402 g/mol. The Morgan fingerprint density at radius 1 is 1.03 bits per heavy atom. The van der Waals surface area contributed by atoms with E-state index in [1.165, 1.54) is 18.3 Å². The van der Waals surface area contributed by atoms with E-state index in [0.29, 0.717) is 0 Å². The van der Waals surface area contributed by atoms with Gasteiger partial charge in [0.15, 0.2) is 0 Å². The first-order valence-electron chi connectivity index (χ1n) is 7.91. The standard InChI is InChI=1S/C19H13F3N4O2.CH4/c20-11-5-4-9(18(24)27)8-10(11)16(23)15-14(6-7-25-19(15)28)26-17-12(21)2-1-3-13(17)22;/h1-8,23H,(H2,24,27)(H2,25,26,28);1H4. The molecule has 150 valence electrons. The number of para-hydroxylation sites is 1. The van der Waals surface area contributed by atoms with Crippen LogP contribution < -0.4 is 16.6 Å². The number of hydrogen-bond acceptors (Lipinski definition) is 4. The maximum Gasteiger partial charge on any atom is 0.259 e. The third-order valence-electron chi connectivity index (χ3n) is 3.95. The van der Waals surface area contributed by atoms with E-state index in [9.17, 15) is 22.8 Å². The molecule has 1 amide bonds. The van der Waals surface area contributed by atoms with Crippen LogP contribution in [0.25, 0.3) is 0 Å². The zero-order chi connectivity index (χ0) is 20.4. The summed E-state index contributed by atoms with van der Waals surface area (Å²) in [5.74, 6) is -3.55. The molecule has 0 aliphatic heterocycles. The molecular weight excluding hydrogens is 385 g/mol. The molecule has 29 heavy (non-hydrogen) atoms. The number of aromatic amines is 1. The van der Waals surface area contributed by atoms with Crippen LogP contribution in [-0.2, 0) is 0 Å². The molecule has 0 saturated carbocycles. The number of benzene rings is 2. The zero-order valence-corrected chi connectivity index (χ0v) is 14.1. The van der Waals surface area contributed by atoms with E-state index in [2.05, 4.69) is 10.3 Å². The summed E-state index contributed by atoms with van der Waals surface area (Å²) < 4.78 is 42.1. The molecule has 0 atom stereocenters. The Labute approximate surface area is 163 Å². The van der Waals surface area contributed by atoms with Crippen LogP contribution in [0.3, 0.4) is 0 Å². The summed E-state index contributed by atoms with van der Waals surface area (Å²) in [6.07, 6.45) is 1.20. The van der Waals surface area contributed by atoms with Crippen molar-refractivity contribution in [3.05, 3.63) is 93.2 Å². The second kappa shape index (κ2) is 8.42. The van der Waals surface area contributed by atoms with Crippen LogP contribution in [0.5, 0.6) is 0 Å². The number of H-pyrrole nitrogens is 1. The lowest BCUT2D eigenvalue weighted by Crippen LogP contribution is -2.22. The maximum absolute atomic E-state index is 14.2. The number of nitrogens with two attached hydrogens (primary N) is 1. The van der Waals surface area contributed by atoms with Crippen molar-refractivity contribution >= 4 is 23.0 Å². The first-order chi connectivity index (χ1) is 13.3. The third-order valence-corrected chi connectivity index (χ3v) is 3.95. The fraction of sp³-hybridized carbons (Fsp3) is 0.0500. The number of primary amides is 1. The van der Waals surface area contributed by atoms with Gasteiger partial charge < -0.3 is 16.0 Å². The molecule has 0 radical (unpaired) electrons. The fourth-order valence-electron chi connectivity index (χ4n) is 2.59. The summed E-state index contributed by atoms with van der Waals surface area (Å²) in [7, 11) is 0. The fourth-order valence-corrected chi connectivity index (χ4v) is 2.59. The molecule has 0 bridgehead atoms. The van der Waals surface area contributed by atoms with Crippen molar-refractivity contribution in [1.82, 2.24) is 4.98 Å². The number of carbonyl (C=O) groups excluding carboxylic acids is 1. The zero-order valence-electron chi connectivity index (χ0n) is 14.1. The smallest absolute Gasteiger partial charge is 0.259 e. The van der Waals surface area contributed by atoms with E-state index in [1.807, 2.05) is 0 Å². The van der Waals surface area contributed by atoms with E-state index in [-0.39, 0.29) is 29.8 Å². The number of nitrogens with one attached hydrogen (secondary N) is 3. The number of anilines is 2. The second-order valence-corrected chi connectivity index (χ2v) is 5.75. The van der Waals surface area contributed by atoms with Crippen molar-refractivity contribution in [2.75, 3.05) is 5.32 Å². The molecule has 3 rings (SSSR count). The molecular formula is C20H17F3N4O2. The predicted octanol–water partition coefficient (Wildman–Crippen LogP) is 3.69. The van der Waals surface area contributed by atoms with Gasteiger partial charge in [-0.3, -0.25) is 15.0 Å². The Balaban J connectivity index is 0.00000300. The highest BCUT2D eigenvalue weighted by Crippen LogP contribution is 2.26. The van der Waals surface area contributed by atoms with E-state index < -0.39 is 40.3 Å². The average molecular weight is 402 g/mol. The summed E-state index contributed by atoms with van der Waals surface area (Å²) in [6, 6.07) is 7.57. The molecule has 0 aliphatic rings. The Bertz CT molecular complexity index is 1140. The summed E-state index contributed by atoms with van der Waals surface area (Å²) in [5, 5.41) is 10.7. The number of pyridine rings is 1. The maximum atomic E-state index is 14.2. The molecule has 0 unspecified atom stereocenters. The highest BCUT2D eigenvalue weighted by atomic mass is 19.1. The highest BCUT2D eigenvalue weighted by molar-refractivity contribution is 6.15. The van der Waals surface area contributed by atoms with E-state index >= 15 is 0 Å². The van der Waals surface area contributed by atoms with Crippen molar-refractivity contribution in [2.24, 2.45) is 5.73 Å². The lowest BCUT2D eigenvalue weighted by atomic mass is 9.99. The third kappa shape index (κ3) is 4.18. The van der Waals surface area contributed by atoms with Gasteiger partial charge in [0.05, 0.1) is 17.0 Å². The van der Waals surface area contributed by atoms with Crippen molar-refractivity contribution in [3.63, 3.8) is 0 Å². The number of rotatable bonds is 5. The van der Waals surface area contributed by atoms with Gasteiger partial charge in [0, 0.05) is 17.3 Å². The van der Waals surface area contributed by atoms with Gasteiger partial charge in [0.25, 0.3) is 5.56 Å². The molecule has 6 nitrogen and oxygen atoms in total. The van der Waals surface area contributed by atoms with Crippen molar-refractivity contribution in [2.45, 2.75) is 7.43 Å². The number of aromatic nitrogens is 1. The predicted molar refractivity (Wildman–Crippen MR) is 104 cm³/mol. The second-order valence-electron chi connectivity index (χ2n) is 5.75.